The number of carbonyl (C=O) groups excluding carboxylic acids is 2. The molecule has 1 amide bonds. The summed E-state index contributed by atoms with van der Waals surface area (Å²) in [5.41, 5.74) is 0. The van der Waals surface area contributed by atoms with Crippen molar-refractivity contribution >= 4 is 11.7 Å². The number of rotatable bonds is 4. The number of carbonyl (C=O) groups is 2. The van der Waals surface area contributed by atoms with Crippen LogP contribution in [0.15, 0.2) is 0 Å². The maximum absolute atomic E-state index is 11.3. The van der Waals surface area contributed by atoms with Gasteiger partial charge in [-0.2, -0.15) is 0 Å². The van der Waals surface area contributed by atoms with E-state index in [0.29, 0.717) is 19.4 Å². The van der Waals surface area contributed by atoms with Gasteiger partial charge in [0.2, 0.25) is 5.91 Å². The lowest BCUT2D eigenvalue weighted by atomic mass is 10.1. The van der Waals surface area contributed by atoms with Crippen LogP contribution in [0, 0.1) is 5.92 Å². The van der Waals surface area contributed by atoms with Crippen molar-refractivity contribution in [1.82, 2.24) is 4.90 Å². The van der Waals surface area contributed by atoms with E-state index in [4.69, 9.17) is 0 Å². The highest BCUT2D eigenvalue weighted by molar-refractivity contribution is 5.82. The molecular formula is C10H17NO2. The van der Waals surface area contributed by atoms with Gasteiger partial charge < -0.3 is 4.90 Å². The smallest absolute Gasteiger partial charge is 0.222 e. The van der Waals surface area contributed by atoms with Gasteiger partial charge in [0.25, 0.3) is 0 Å². The Labute approximate surface area is 79.1 Å². The van der Waals surface area contributed by atoms with E-state index in [1.165, 1.54) is 0 Å². The molecule has 0 saturated carbocycles. The summed E-state index contributed by atoms with van der Waals surface area (Å²) in [6.07, 6.45) is 2.13. The van der Waals surface area contributed by atoms with Crippen molar-refractivity contribution in [2.45, 2.75) is 33.1 Å². The minimum absolute atomic E-state index is 0.0951. The maximum Gasteiger partial charge on any atom is 0.222 e. The summed E-state index contributed by atoms with van der Waals surface area (Å²) in [6, 6.07) is 0. The number of likely N-dealkylation sites (tertiary alicyclic amines) is 1. The van der Waals surface area contributed by atoms with Crippen molar-refractivity contribution in [2.75, 3.05) is 13.1 Å². The molecule has 0 radical (unpaired) electrons. The Hall–Kier alpha value is -0.860. The van der Waals surface area contributed by atoms with Crippen molar-refractivity contribution in [1.29, 1.82) is 0 Å². The zero-order valence-corrected chi connectivity index (χ0v) is 8.38. The summed E-state index contributed by atoms with van der Waals surface area (Å²) in [7, 11) is 0. The van der Waals surface area contributed by atoms with Gasteiger partial charge in [-0.05, 0) is 6.42 Å². The zero-order chi connectivity index (χ0) is 9.84. The Bertz CT molecular complexity index is 211. The standard InChI is InChI=1S/C10H17NO2/c1-8(2)9(12)5-7-11-6-3-4-10(11)13/h8H,3-7H2,1-2H3. The highest BCUT2D eigenvalue weighted by Crippen LogP contribution is 2.10. The molecule has 0 aromatic rings. The molecule has 0 unspecified atom stereocenters. The fraction of sp³-hybridized carbons (Fsp3) is 0.800. The third-order valence-corrected chi connectivity index (χ3v) is 2.44. The molecular weight excluding hydrogens is 166 g/mol. The van der Waals surface area contributed by atoms with Crippen molar-refractivity contribution in [2.24, 2.45) is 5.92 Å². The van der Waals surface area contributed by atoms with Crippen molar-refractivity contribution in [3.63, 3.8) is 0 Å². The number of hydrogen-bond acceptors (Lipinski definition) is 2. The summed E-state index contributed by atoms with van der Waals surface area (Å²) in [5, 5.41) is 0. The van der Waals surface area contributed by atoms with Crippen LogP contribution in [0.25, 0.3) is 0 Å². The van der Waals surface area contributed by atoms with Crippen LogP contribution >= 0.6 is 0 Å². The van der Waals surface area contributed by atoms with Gasteiger partial charge >= 0.3 is 0 Å². The lowest BCUT2D eigenvalue weighted by Crippen LogP contribution is -2.28. The molecule has 1 saturated heterocycles. The minimum atomic E-state index is 0.0951. The van der Waals surface area contributed by atoms with Crippen molar-refractivity contribution in [3.8, 4) is 0 Å². The summed E-state index contributed by atoms with van der Waals surface area (Å²) < 4.78 is 0. The van der Waals surface area contributed by atoms with Gasteiger partial charge in [-0.1, -0.05) is 13.8 Å². The quantitative estimate of drug-likeness (QED) is 0.657. The number of amides is 1. The van der Waals surface area contributed by atoms with E-state index in [1.54, 1.807) is 4.90 Å². The molecule has 1 rings (SSSR count). The Morgan fingerprint density at radius 2 is 2.23 bits per heavy atom. The molecule has 1 fully saturated rings. The predicted octanol–water partition coefficient (Wildman–Crippen LogP) is 1.22. The average Bonchev–Trinajstić information content (AvgIpc) is 2.47. The molecule has 0 spiro atoms. The van der Waals surface area contributed by atoms with Gasteiger partial charge in [-0.25, -0.2) is 0 Å². The maximum atomic E-state index is 11.3. The third-order valence-electron chi connectivity index (χ3n) is 2.44. The molecule has 0 aromatic heterocycles. The largest absolute Gasteiger partial charge is 0.342 e. The van der Waals surface area contributed by atoms with Gasteiger partial charge in [0.05, 0.1) is 0 Å². The molecule has 3 nitrogen and oxygen atoms in total. The molecule has 0 N–H and O–H groups in total. The van der Waals surface area contributed by atoms with E-state index in [1.807, 2.05) is 13.8 Å². The minimum Gasteiger partial charge on any atom is -0.342 e. The zero-order valence-electron chi connectivity index (χ0n) is 8.38. The van der Waals surface area contributed by atoms with Gasteiger partial charge in [0, 0.05) is 31.8 Å². The molecule has 1 heterocycles. The average molecular weight is 183 g/mol. The number of hydrogen-bond donors (Lipinski definition) is 0. The summed E-state index contributed by atoms with van der Waals surface area (Å²) in [6.45, 7) is 5.25. The fourth-order valence-corrected chi connectivity index (χ4v) is 1.47. The molecule has 0 bridgehead atoms. The Kier molecular flexibility index (Phi) is 3.46. The summed E-state index contributed by atoms with van der Waals surface area (Å²) in [5.74, 6) is 0.550. The fourth-order valence-electron chi connectivity index (χ4n) is 1.47. The van der Waals surface area contributed by atoms with Crippen molar-refractivity contribution < 1.29 is 9.59 Å². The van der Waals surface area contributed by atoms with Crippen molar-refractivity contribution in [3.05, 3.63) is 0 Å². The van der Waals surface area contributed by atoms with Gasteiger partial charge in [-0.15, -0.1) is 0 Å². The topological polar surface area (TPSA) is 37.4 Å². The van der Waals surface area contributed by atoms with Gasteiger partial charge in [0.1, 0.15) is 5.78 Å². The molecule has 74 valence electrons. The van der Waals surface area contributed by atoms with Gasteiger partial charge in [-0.3, -0.25) is 9.59 Å². The molecule has 0 aliphatic carbocycles. The Morgan fingerprint density at radius 1 is 1.54 bits per heavy atom. The number of ketones is 1. The summed E-state index contributed by atoms with van der Waals surface area (Å²) >= 11 is 0. The highest BCUT2D eigenvalue weighted by Gasteiger charge is 2.20. The predicted molar refractivity (Wildman–Crippen MR) is 50.3 cm³/mol. The van der Waals surface area contributed by atoms with Crippen LogP contribution in [0.1, 0.15) is 33.1 Å². The van der Waals surface area contributed by atoms with E-state index in [9.17, 15) is 9.59 Å². The van der Waals surface area contributed by atoms with Crippen LogP contribution in [0.4, 0.5) is 0 Å². The second-order valence-corrected chi connectivity index (χ2v) is 3.86. The van der Waals surface area contributed by atoms with E-state index in [-0.39, 0.29) is 17.6 Å². The molecule has 0 aromatic carbocycles. The molecule has 13 heavy (non-hydrogen) atoms. The van der Waals surface area contributed by atoms with Crippen LogP contribution in [0.5, 0.6) is 0 Å². The second kappa shape index (κ2) is 4.40. The lowest BCUT2D eigenvalue weighted by molar-refractivity contribution is -0.128. The van der Waals surface area contributed by atoms with Crippen LogP contribution in [-0.4, -0.2) is 29.7 Å². The Balaban J connectivity index is 2.26. The molecule has 1 aliphatic rings. The third kappa shape index (κ3) is 2.83. The first-order valence-corrected chi connectivity index (χ1v) is 4.91. The molecule has 1 aliphatic heterocycles. The normalized spacial score (nSPS) is 17.2. The first-order chi connectivity index (χ1) is 6.11. The molecule has 0 atom stereocenters. The van der Waals surface area contributed by atoms with Gasteiger partial charge in [0.15, 0.2) is 0 Å². The first kappa shape index (κ1) is 10.2. The highest BCUT2D eigenvalue weighted by atomic mass is 16.2. The van der Waals surface area contributed by atoms with Crippen LogP contribution in [0.2, 0.25) is 0 Å². The SMILES string of the molecule is CC(C)C(=O)CCN1CCCC1=O. The van der Waals surface area contributed by atoms with E-state index >= 15 is 0 Å². The van der Waals surface area contributed by atoms with E-state index < -0.39 is 0 Å². The van der Waals surface area contributed by atoms with E-state index in [0.717, 1.165) is 13.0 Å². The van der Waals surface area contributed by atoms with Crippen LogP contribution < -0.4 is 0 Å². The number of nitrogens with zero attached hydrogens (tertiary/aromatic N) is 1. The van der Waals surface area contributed by atoms with Crippen LogP contribution in [0.3, 0.4) is 0 Å². The van der Waals surface area contributed by atoms with E-state index in [2.05, 4.69) is 0 Å². The summed E-state index contributed by atoms with van der Waals surface area (Å²) in [4.78, 5) is 24.2. The monoisotopic (exact) mass is 183 g/mol. The second-order valence-electron chi connectivity index (χ2n) is 3.86. The lowest BCUT2D eigenvalue weighted by Gasteiger charge is -2.15. The Morgan fingerprint density at radius 3 is 2.69 bits per heavy atom. The first-order valence-electron chi connectivity index (χ1n) is 4.91. The van der Waals surface area contributed by atoms with Crippen LogP contribution in [-0.2, 0) is 9.59 Å². The molecule has 3 heteroatoms. The number of Topliss-reactive ketones (excluding diaryl/α,β-unsaturated/α-hetero) is 1.